The van der Waals surface area contributed by atoms with Crippen LogP contribution >= 0.6 is 0 Å². The van der Waals surface area contributed by atoms with Gasteiger partial charge in [0.2, 0.25) is 5.78 Å². The summed E-state index contributed by atoms with van der Waals surface area (Å²) in [5.74, 6) is -3.87. The van der Waals surface area contributed by atoms with Crippen LogP contribution < -0.4 is 0 Å². The molecular weight excluding hydrogens is 551 g/mol. The molecule has 0 saturated heterocycles. The van der Waals surface area contributed by atoms with Crippen molar-refractivity contribution in [3.05, 3.63) is 23.8 Å². The lowest BCUT2D eigenvalue weighted by atomic mass is 9.44. The van der Waals surface area contributed by atoms with E-state index in [1.54, 1.807) is 27.7 Å². The number of rotatable bonds is 8. The third kappa shape index (κ3) is 4.77. The van der Waals surface area contributed by atoms with Gasteiger partial charge in [-0.3, -0.25) is 14.4 Å². The molecule has 10 nitrogen and oxygen atoms in total. The molecule has 4 aliphatic rings. The minimum Gasteiger partial charge on any atom is -0.435 e. The van der Waals surface area contributed by atoms with Gasteiger partial charge in [-0.05, 0) is 64.0 Å². The molecule has 3 saturated carbocycles. The first-order valence-corrected chi connectivity index (χ1v) is 14.8. The number of hydrogen-bond acceptors (Lipinski definition) is 10. The molecule has 0 aromatic rings. The van der Waals surface area contributed by atoms with Crippen LogP contribution in [0, 0.1) is 28.6 Å². The van der Waals surface area contributed by atoms with Crippen LogP contribution in [0.2, 0.25) is 0 Å². The third-order valence-electron chi connectivity index (χ3n) is 10.4. The SMILES string of the molecule is CCCCC(=O)OC(=O)O[C@]1(C(=O)COC(=O)OCC)[C@H](C)C[C@H]2[C@@H]3CCC4=CC(=O)C=C[C@]4(C)[C@@]3(F)[C@@H](O)C[C@@]21C. The molecule has 0 aromatic carbocycles. The molecule has 0 radical (unpaired) electrons. The van der Waals surface area contributed by atoms with E-state index in [0.29, 0.717) is 31.3 Å². The highest BCUT2D eigenvalue weighted by molar-refractivity contribution is 6.01. The van der Waals surface area contributed by atoms with E-state index < -0.39 is 76.6 Å². The smallest absolute Gasteiger partial charge is 0.435 e. The van der Waals surface area contributed by atoms with Crippen molar-refractivity contribution >= 4 is 29.8 Å². The molecule has 0 heterocycles. The van der Waals surface area contributed by atoms with E-state index in [-0.39, 0.29) is 31.7 Å². The number of ether oxygens (including phenoxy) is 4. The van der Waals surface area contributed by atoms with Crippen molar-refractivity contribution < 1.29 is 52.4 Å². The Morgan fingerprint density at radius 3 is 2.48 bits per heavy atom. The maximum absolute atomic E-state index is 17.5. The van der Waals surface area contributed by atoms with Crippen molar-refractivity contribution in [2.75, 3.05) is 13.2 Å². The summed E-state index contributed by atoms with van der Waals surface area (Å²) in [7, 11) is 0. The molecule has 0 amide bonds. The van der Waals surface area contributed by atoms with Crippen molar-refractivity contribution in [2.45, 2.75) is 96.9 Å². The normalized spacial score (nSPS) is 38.4. The van der Waals surface area contributed by atoms with E-state index >= 15 is 4.39 Å². The lowest BCUT2D eigenvalue weighted by molar-refractivity contribution is -0.222. The zero-order valence-corrected chi connectivity index (χ0v) is 24.9. The molecule has 0 aromatic heterocycles. The van der Waals surface area contributed by atoms with Gasteiger partial charge < -0.3 is 24.1 Å². The Bertz CT molecular complexity index is 1210. The molecule has 0 aliphatic heterocycles. The summed E-state index contributed by atoms with van der Waals surface area (Å²) in [6.07, 6.45) is 2.05. The molecule has 8 atom stereocenters. The first-order valence-electron chi connectivity index (χ1n) is 14.8. The molecule has 1 N–H and O–H groups in total. The van der Waals surface area contributed by atoms with Gasteiger partial charge in [0.15, 0.2) is 23.7 Å². The van der Waals surface area contributed by atoms with Crippen LogP contribution in [0.5, 0.6) is 0 Å². The largest absolute Gasteiger partial charge is 0.517 e. The topological polar surface area (TPSA) is 143 Å². The second-order valence-corrected chi connectivity index (χ2v) is 12.5. The van der Waals surface area contributed by atoms with Crippen molar-refractivity contribution in [3.8, 4) is 0 Å². The second-order valence-electron chi connectivity index (χ2n) is 12.5. The number of esters is 1. The Hall–Kier alpha value is -3.08. The molecule has 0 unspecified atom stereocenters. The molecule has 4 aliphatic carbocycles. The van der Waals surface area contributed by atoms with Gasteiger partial charge in [0.25, 0.3) is 0 Å². The summed E-state index contributed by atoms with van der Waals surface area (Å²) in [4.78, 5) is 63.4. The highest BCUT2D eigenvalue weighted by Gasteiger charge is 2.77. The van der Waals surface area contributed by atoms with Gasteiger partial charge in [0, 0.05) is 29.1 Å². The summed E-state index contributed by atoms with van der Waals surface area (Å²) in [6.45, 7) is 7.68. The number of hydrogen-bond donors (Lipinski definition) is 1. The van der Waals surface area contributed by atoms with Crippen molar-refractivity contribution in [1.29, 1.82) is 0 Å². The molecule has 11 heteroatoms. The van der Waals surface area contributed by atoms with Crippen LogP contribution in [0.15, 0.2) is 23.8 Å². The average molecular weight is 593 g/mol. The Balaban J connectivity index is 1.74. The highest BCUT2D eigenvalue weighted by Crippen LogP contribution is 2.71. The zero-order valence-electron chi connectivity index (χ0n) is 24.9. The van der Waals surface area contributed by atoms with Crippen molar-refractivity contribution in [1.82, 2.24) is 0 Å². The number of fused-ring (bicyclic) bond motifs is 5. The Morgan fingerprint density at radius 2 is 1.81 bits per heavy atom. The van der Waals surface area contributed by atoms with Gasteiger partial charge in [-0.25, -0.2) is 14.0 Å². The number of aliphatic hydroxyl groups excluding tert-OH is 1. The van der Waals surface area contributed by atoms with E-state index in [1.165, 1.54) is 18.2 Å². The minimum atomic E-state index is -2.17. The standard InChI is InChI=1S/C31H41FO10/c1-6-8-9-25(36)41-27(38)42-31(24(35)17-40-26(37)39-7-2)18(3)14-22-21-11-10-19-15-20(33)12-13-28(19,4)30(21,32)23(34)16-29(22,31)5/h12-13,15,18,21-23,34H,6-11,14,16-17H2,1-5H3/t18-,21+,22+,23+,28+,29+,30+,31+/m1/s1. The fraction of sp³-hybridized carbons (Fsp3) is 0.710. The monoisotopic (exact) mass is 592 g/mol. The predicted molar refractivity (Wildman–Crippen MR) is 146 cm³/mol. The summed E-state index contributed by atoms with van der Waals surface area (Å²) in [5.41, 5.74) is -6.14. The summed E-state index contributed by atoms with van der Waals surface area (Å²) >= 11 is 0. The average Bonchev–Trinajstić information content (AvgIpc) is 3.14. The number of ketones is 2. The highest BCUT2D eigenvalue weighted by atomic mass is 19.1. The summed E-state index contributed by atoms with van der Waals surface area (Å²) in [6, 6.07) is 0. The lowest BCUT2D eigenvalue weighted by Gasteiger charge is -2.62. The molecule has 232 valence electrons. The van der Waals surface area contributed by atoms with Crippen molar-refractivity contribution in [3.63, 3.8) is 0 Å². The molecule has 3 fully saturated rings. The third-order valence-corrected chi connectivity index (χ3v) is 10.4. The molecule has 42 heavy (non-hydrogen) atoms. The van der Waals surface area contributed by atoms with E-state index in [4.69, 9.17) is 18.9 Å². The van der Waals surface area contributed by atoms with Crippen LogP contribution in [0.3, 0.4) is 0 Å². The number of unbranched alkanes of at least 4 members (excludes halogenated alkanes) is 1. The Labute approximate surface area is 245 Å². The van der Waals surface area contributed by atoms with Crippen LogP contribution in [0.4, 0.5) is 14.0 Å². The van der Waals surface area contributed by atoms with Crippen LogP contribution in [0.1, 0.15) is 79.6 Å². The Kier molecular flexibility index (Phi) is 8.75. The van der Waals surface area contributed by atoms with Crippen LogP contribution in [-0.2, 0) is 33.3 Å². The number of Topliss-reactive ketones (excluding diaryl/α,β-unsaturated/α-hetero) is 1. The number of allylic oxidation sites excluding steroid dienone is 4. The molecule has 0 spiro atoms. The maximum atomic E-state index is 17.5. The minimum absolute atomic E-state index is 0.0127. The van der Waals surface area contributed by atoms with Crippen LogP contribution in [0.25, 0.3) is 0 Å². The van der Waals surface area contributed by atoms with Gasteiger partial charge in [0.1, 0.15) is 0 Å². The fourth-order valence-electron chi connectivity index (χ4n) is 8.41. The maximum Gasteiger partial charge on any atom is 0.517 e. The molecule has 4 rings (SSSR count). The first-order chi connectivity index (χ1) is 19.7. The molecule has 0 bridgehead atoms. The van der Waals surface area contributed by atoms with Crippen LogP contribution in [-0.4, -0.2) is 65.5 Å². The number of halogens is 1. The van der Waals surface area contributed by atoms with Crippen molar-refractivity contribution in [2.24, 2.45) is 28.6 Å². The number of aliphatic hydroxyl groups is 1. The van der Waals surface area contributed by atoms with Gasteiger partial charge in [-0.1, -0.05) is 38.8 Å². The van der Waals surface area contributed by atoms with E-state index in [1.807, 2.05) is 6.92 Å². The fourth-order valence-corrected chi connectivity index (χ4v) is 8.41. The Morgan fingerprint density at radius 1 is 1.10 bits per heavy atom. The molecular formula is C31H41FO10. The van der Waals surface area contributed by atoms with E-state index in [0.717, 1.165) is 0 Å². The zero-order chi connectivity index (χ0) is 31.1. The number of alkyl halides is 1. The number of carbonyl (C=O) groups is 5. The second kappa shape index (κ2) is 11.5. The van der Waals surface area contributed by atoms with E-state index in [2.05, 4.69) is 0 Å². The summed E-state index contributed by atoms with van der Waals surface area (Å²) in [5, 5.41) is 11.6. The van der Waals surface area contributed by atoms with Gasteiger partial charge >= 0.3 is 18.3 Å². The van der Waals surface area contributed by atoms with E-state index in [9.17, 15) is 29.1 Å². The van der Waals surface area contributed by atoms with Gasteiger partial charge in [0.05, 0.1) is 12.7 Å². The number of carbonyl (C=O) groups excluding carboxylic acids is 5. The van der Waals surface area contributed by atoms with Gasteiger partial charge in [-0.15, -0.1) is 0 Å². The first kappa shape index (κ1) is 31.8. The quantitative estimate of drug-likeness (QED) is 0.304. The lowest BCUT2D eigenvalue weighted by Crippen LogP contribution is -2.70. The predicted octanol–water partition coefficient (Wildman–Crippen LogP) is 4.95. The van der Waals surface area contributed by atoms with Gasteiger partial charge in [-0.2, -0.15) is 0 Å². The summed E-state index contributed by atoms with van der Waals surface area (Å²) < 4.78 is 38.1.